The molecule has 1 rings (SSSR count). The van der Waals surface area contributed by atoms with Gasteiger partial charge in [-0.25, -0.2) is 0 Å². The Morgan fingerprint density at radius 1 is 1.33 bits per heavy atom. The summed E-state index contributed by atoms with van der Waals surface area (Å²) in [6, 6.07) is 3.93. The number of halogens is 1. The standard InChI is InChI=1S/C12H15ClN2/c1-3-5-9-7-11(13)10(8-14)12(15-9)6-4-2/h7H,3-6H2,1-2H3. The number of aromatic nitrogens is 1. The molecule has 0 spiro atoms. The molecular weight excluding hydrogens is 208 g/mol. The van der Waals surface area contributed by atoms with Crippen molar-refractivity contribution in [3.63, 3.8) is 0 Å². The zero-order valence-electron chi connectivity index (χ0n) is 9.18. The fraction of sp³-hybridized carbons (Fsp3) is 0.500. The topological polar surface area (TPSA) is 36.7 Å². The molecule has 0 aliphatic carbocycles. The number of nitriles is 1. The largest absolute Gasteiger partial charge is 0.256 e. The van der Waals surface area contributed by atoms with Crippen LogP contribution in [0.3, 0.4) is 0 Å². The maximum absolute atomic E-state index is 8.97. The average Bonchev–Trinajstić information content (AvgIpc) is 2.18. The van der Waals surface area contributed by atoms with Gasteiger partial charge in [-0.3, -0.25) is 4.98 Å². The molecule has 0 bridgehead atoms. The molecule has 0 N–H and O–H groups in total. The first kappa shape index (κ1) is 12.0. The van der Waals surface area contributed by atoms with Crippen LogP contribution in [0.4, 0.5) is 0 Å². The molecular formula is C12H15ClN2. The van der Waals surface area contributed by atoms with Gasteiger partial charge in [-0.2, -0.15) is 5.26 Å². The van der Waals surface area contributed by atoms with E-state index in [1.54, 1.807) is 0 Å². The Bertz CT molecular complexity index is 380. The highest BCUT2D eigenvalue weighted by molar-refractivity contribution is 6.31. The van der Waals surface area contributed by atoms with Crippen molar-refractivity contribution in [2.75, 3.05) is 0 Å². The molecule has 0 saturated carbocycles. The fourth-order valence-electron chi connectivity index (χ4n) is 1.54. The van der Waals surface area contributed by atoms with E-state index in [2.05, 4.69) is 24.9 Å². The van der Waals surface area contributed by atoms with Gasteiger partial charge in [0.25, 0.3) is 0 Å². The Morgan fingerprint density at radius 3 is 2.53 bits per heavy atom. The summed E-state index contributed by atoms with van der Waals surface area (Å²) in [6.45, 7) is 4.18. The molecule has 1 heterocycles. The van der Waals surface area contributed by atoms with E-state index in [1.807, 2.05) is 6.07 Å². The second-order valence-electron chi connectivity index (χ2n) is 3.53. The van der Waals surface area contributed by atoms with E-state index in [4.69, 9.17) is 16.9 Å². The Balaban J connectivity index is 3.14. The Labute approximate surface area is 95.9 Å². The number of nitrogens with zero attached hydrogens (tertiary/aromatic N) is 2. The Hall–Kier alpha value is -1.07. The number of hydrogen-bond acceptors (Lipinski definition) is 2. The number of pyridine rings is 1. The number of hydrogen-bond donors (Lipinski definition) is 0. The summed E-state index contributed by atoms with van der Waals surface area (Å²) >= 11 is 6.04. The van der Waals surface area contributed by atoms with E-state index in [9.17, 15) is 0 Å². The van der Waals surface area contributed by atoms with Gasteiger partial charge in [0.15, 0.2) is 0 Å². The van der Waals surface area contributed by atoms with Crippen molar-refractivity contribution in [1.29, 1.82) is 5.26 Å². The van der Waals surface area contributed by atoms with Crippen molar-refractivity contribution in [3.8, 4) is 6.07 Å². The van der Waals surface area contributed by atoms with Crippen LogP contribution in [0, 0.1) is 11.3 Å². The molecule has 0 amide bonds. The molecule has 3 heteroatoms. The summed E-state index contributed by atoms with van der Waals surface area (Å²) in [5.41, 5.74) is 2.37. The zero-order valence-corrected chi connectivity index (χ0v) is 9.93. The molecule has 2 nitrogen and oxygen atoms in total. The predicted octanol–water partition coefficient (Wildman–Crippen LogP) is 3.51. The lowest BCUT2D eigenvalue weighted by molar-refractivity contribution is 0.828. The third-order valence-corrected chi connectivity index (χ3v) is 2.50. The van der Waals surface area contributed by atoms with E-state index in [-0.39, 0.29) is 0 Å². The first-order valence-corrected chi connectivity index (χ1v) is 5.69. The van der Waals surface area contributed by atoms with Crippen molar-refractivity contribution in [3.05, 3.63) is 28.0 Å². The van der Waals surface area contributed by atoms with Crippen LogP contribution in [0.2, 0.25) is 5.02 Å². The first-order chi connectivity index (χ1) is 7.22. The lowest BCUT2D eigenvalue weighted by Crippen LogP contribution is -2.00. The molecule has 1 aromatic heterocycles. The summed E-state index contributed by atoms with van der Waals surface area (Å²) < 4.78 is 0. The maximum Gasteiger partial charge on any atom is 0.103 e. The van der Waals surface area contributed by atoms with Crippen LogP contribution in [0.5, 0.6) is 0 Å². The van der Waals surface area contributed by atoms with Gasteiger partial charge in [0.05, 0.1) is 16.3 Å². The molecule has 1 aromatic rings. The van der Waals surface area contributed by atoms with E-state index in [0.29, 0.717) is 10.6 Å². The van der Waals surface area contributed by atoms with Gasteiger partial charge in [0, 0.05) is 5.69 Å². The highest BCUT2D eigenvalue weighted by Crippen LogP contribution is 2.21. The van der Waals surface area contributed by atoms with Crippen molar-refractivity contribution in [2.45, 2.75) is 39.5 Å². The van der Waals surface area contributed by atoms with Crippen LogP contribution in [0.1, 0.15) is 43.6 Å². The fourth-order valence-corrected chi connectivity index (χ4v) is 1.81. The van der Waals surface area contributed by atoms with Gasteiger partial charge in [-0.05, 0) is 18.9 Å². The molecule has 0 aromatic carbocycles. The van der Waals surface area contributed by atoms with Gasteiger partial charge in [-0.1, -0.05) is 38.3 Å². The van der Waals surface area contributed by atoms with Crippen molar-refractivity contribution in [2.24, 2.45) is 0 Å². The van der Waals surface area contributed by atoms with E-state index in [0.717, 1.165) is 37.1 Å². The summed E-state index contributed by atoms with van der Waals surface area (Å²) in [4.78, 5) is 4.48. The van der Waals surface area contributed by atoms with E-state index < -0.39 is 0 Å². The van der Waals surface area contributed by atoms with Gasteiger partial charge in [0.2, 0.25) is 0 Å². The molecule has 0 atom stereocenters. The van der Waals surface area contributed by atoms with Gasteiger partial charge < -0.3 is 0 Å². The highest BCUT2D eigenvalue weighted by atomic mass is 35.5. The Morgan fingerprint density at radius 2 is 2.00 bits per heavy atom. The van der Waals surface area contributed by atoms with Crippen molar-refractivity contribution < 1.29 is 0 Å². The third-order valence-electron chi connectivity index (χ3n) is 2.20. The summed E-state index contributed by atoms with van der Waals surface area (Å²) in [5, 5.41) is 9.51. The Kier molecular flexibility index (Phi) is 4.58. The van der Waals surface area contributed by atoms with Crippen molar-refractivity contribution in [1.82, 2.24) is 4.98 Å². The highest BCUT2D eigenvalue weighted by Gasteiger charge is 2.09. The predicted molar refractivity (Wildman–Crippen MR) is 62.0 cm³/mol. The van der Waals surface area contributed by atoms with Crippen LogP contribution in [0.25, 0.3) is 0 Å². The molecule has 0 radical (unpaired) electrons. The van der Waals surface area contributed by atoms with Crippen LogP contribution in [-0.4, -0.2) is 4.98 Å². The minimum atomic E-state index is 0.540. The first-order valence-electron chi connectivity index (χ1n) is 5.31. The van der Waals surface area contributed by atoms with Crippen molar-refractivity contribution >= 4 is 11.6 Å². The molecule has 0 fully saturated rings. The van der Waals surface area contributed by atoms with Gasteiger partial charge in [-0.15, -0.1) is 0 Å². The number of aryl methyl sites for hydroxylation is 2. The van der Waals surface area contributed by atoms with Gasteiger partial charge in [0.1, 0.15) is 6.07 Å². The molecule has 80 valence electrons. The SMILES string of the molecule is CCCc1cc(Cl)c(C#N)c(CCC)n1. The molecule has 0 aliphatic heterocycles. The van der Waals surface area contributed by atoms with E-state index in [1.165, 1.54) is 0 Å². The quantitative estimate of drug-likeness (QED) is 0.782. The zero-order chi connectivity index (χ0) is 11.3. The molecule has 15 heavy (non-hydrogen) atoms. The minimum absolute atomic E-state index is 0.540. The summed E-state index contributed by atoms with van der Waals surface area (Å²) in [5.74, 6) is 0. The summed E-state index contributed by atoms with van der Waals surface area (Å²) in [6.07, 6.45) is 3.76. The lowest BCUT2D eigenvalue weighted by atomic mass is 10.1. The van der Waals surface area contributed by atoms with Gasteiger partial charge >= 0.3 is 0 Å². The van der Waals surface area contributed by atoms with Crippen LogP contribution in [-0.2, 0) is 12.8 Å². The normalized spacial score (nSPS) is 10.0. The van der Waals surface area contributed by atoms with Crippen LogP contribution in [0.15, 0.2) is 6.07 Å². The molecule has 0 aliphatic rings. The van der Waals surface area contributed by atoms with E-state index >= 15 is 0 Å². The summed E-state index contributed by atoms with van der Waals surface area (Å²) in [7, 11) is 0. The second-order valence-corrected chi connectivity index (χ2v) is 3.94. The number of rotatable bonds is 4. The van der Waals surface area contributed by atoms with Crippen LogP contribution >= 0.6 is 11.6 Å². The minimum Gasteiger partial charge on any atom is -0.256 e. The lowest BCUT2D eigenvalue weighted by Gasteiger charge is -2.06. The second kappa shape index (κ2) is 5.72. The monoisotopic (exact) mass is 222 g/mol. The average molecular weight is 223 g/mol. The maximum atomic E-state index is 8.97. The third kappa shape index (κ3) is 2.94. The molecule has 0 saturated heterocycles. The molecule has 0 unspecified atom stereocenters. The van der Waals surface area contributed by atoms with Crippen LogP contribution < -0.4 is 0 Å². The smallest absolute Gasteiger partial charge is 0.103 e.